The van der Waals surface area contributed by atoms with E-state index < -0.39 is 0 Å². The van der Waals surface area contributed by atoms with E-state index in [2.05, 4.69) is 155 Å². The van der Waals surface area contributed by atoms with Crippen LogP contribution in [0.2, 0.25) is 0 Å². The van der Waals surface area contributed by atoms with E-state index in [0.717, 1.165) is 106 Å². The Morgan fingerprint density at radius 2 is 1.44 bits per heavy atom. The maximum Gasteiger partial charge on any atom is 0.159 e. The van der Waals surface area contributed by atoms with Crippen LogP contribution in [0.4, 0.5) is 5.69 Å². The van der Waals surface area contributed by atoms with Crippen LogP contribution in [0.1, 0.15) is 39.3 Å². The zero-order chi connectivity index (χ0) is 41.9. The maximum absolute atomic E-state index is 6.85. The summed E-state index contributed by atoms with van der Waals surface area (Å²) >= 11 is 0. The van der Waals surface area contributed by atoms with Crippen LogP contribution in [-0.2, 0) is 0 Å². The third-order valence-corrected chi connectivity index (χ3v) is 12.5. The lowest BCUT2D eigenvalue weighted by molar-refractivity contribution is 0.666. The number of benzene rings is 5. The van der Waals surface area contributed by atoms with E-state index in [-0.39, 0.29) is 0 Å². The molecule has 6 nitrogen and oxygen atoms in total. The Labute approximate surface area is 361 Å². The molecule has 0 aliphatic heterocycles. The molecule has 0 radical (unpaired) electrons. The molecule has 0 spiro atoms. The molecule has 5 heterocycles. The SMILES string of the molecule is CC.CC/C=C\c1c(NC)c2cc(-c3ccccc3-c3ccccn3)ccc2n1-c1cc(-c2ccc3c(c2)c2ncccc2n3C2=CC3CC3C=C2)cc2c1oc1ccccc12. The van der Waals surface area contributed by atoms with Gasteiger partial charge in [-0.2, -0.15) is 0 Å². The van der Waals surface area contributed by atoms with Gasteiger partial charge in [0.1, 0.15) is 5.58 Å². The summed E-state index contributed by atoms with van der Waals surface area (Å²) < 4.78 is 11.6. The van der Waals surface area contributed by atoms with Gasteiger partial charge in [-0.1, -0.05) is 99.7 Å². The second-order valence-electron chi connectivity index (χ2n) is 16.1. The molecule has 5 aromatic heterocycles. The van der Waals surface area contributed by atoms with Crippen LogP contribution >= 0.6 is 0 Å². The van der Waals surface area contributed by atoms with Crippen molar-refractivity contribution in [3.05, 3.63) is 170 Å². The van der Waals surface area contributed by atoms with Gasteiger partial charge in [0, 0.05) is 52.2 Å². The third kappa shape index (κ3) is 6.00. The van der Waals surface area contributed by atoms with Gasteiger partial charge in [-0.15, -0.1) is 0 Å². The van der Waals surface area contributed by atoms with E-state index in [1.807, 2.05) is 57.6 Å². The van der Waals surface area contributed by atoms with Crippen molar-refractivity contribution >= 4 is 72.2 Å². The van der Waals surface area contributed by atoms with Crippen LogP contribution in [0.5, 0.6) is 0 Å². The fourth-order valence-electron chi connectivity index (χ4n) is 9.60. The molecule has 12 rings (SSSR count). The normalized spacial score (nSPS) is 15.7. The number of pyridine rings is 2. The highest BCUT2D eigenvalue weighted by molar-refractivity contribution is 6.13. The minimum atomic E-state index is 0.641. The molecule has 2 atom stereocenters. The lowest BCUT2D eigenvalue weighted by Gasteiger charge is -2.14. The molecule has 0 saturated heterocycles. The third-order valence-electron chi connectivity index (χ3n) is 12.5. The lowest BCUT2D eigenvalue weighted by Crippen LogP contribution is -2.00. The van der Waals surface area contributed by atoms with Crippen LogP contribution in [0, 0.1) is 11.8 Å². The molecule has 1 fully saturated rings. The molecule has 6 heteroatoms. The highest BCUT2D eigenvalue weighted by atomic mass is 16.3. The van der Waals surface area contributed by atoms with Crippen molar-refractivity contribution in [3.63, 3.8) is 0 Å². The molecule has 2 aliphatic rings. The van der Waals surface area contributed by atoms with Gasteiger partial charge in [0.15, 0.2) is 5.58 Å². The Balaban J connectivity index is 0.00000213. The van der Waals surface area contributed by atoms with Crippen molar-refractivity contribution < 1.29 is 4.42 Å². The number of allylic oxidation sites excluding steroid dienone is 5. The van der Waals surface area contributed by atoms with Crippen molar-refractivity contribution in [1.82, 2.24) is 19.1 Å². The van der Waals surface area contributed by atoms with Crippen LogP contribution in [0.15, 0.2) is 169 Å². The molecule has 302 valence electrons. The number of para-hydroxylation sites is 1. The Bertz CT molecular complexity index is 3450. The van der Waals surface area contributed by atoms with Gasteiger partial charge in [0.25, 0.3) is 0 Å². The van der Waals surface area contributed by atoms with Crippen LogP contribution in [0.3, 0.4) is 0 Å². The Morgan fingerprint density at radius 1 is 0.677 bits per heavy atom. The average molecular weight is 806 g/mol. The number of aromatic nitrogens is 4. The number of rotatable bonds is 8. The maximum atomic E-state index is 6.85. The first-order valence-corrected chi connectivity index (χ1v) is 22.0. The van der Waals surface area contributed by atoms with E-state index in [9.17, 15) is 0 Å². The van der Waals surface area contributed by atoms with Gasteiger partial charge in [-0.3, -0.25) is 9.97 Å². The zero-order valence-electron chi connectivity index (χ0n) is 35.4. The molecule has 62 heavy (non-hydrogen) atoms. The van der Waals surface area contributed by atoms with Gasteiger partial charge in [-0.05, 0) is 126 Å². The minimum absolute atomic E-state index is 0.641. The zero-order valence-corrected chi connectivity index (χ0v) is 35.4. The Morgan fingerprint density at radius 3 is 2.26 bits per heavy atom. The quantitative estimate of drug-likeness (QED) is 0.166. The molecule has 2 unspecified atom stereocenters. The summed E-state index contributed by atoms with van der Waals surface area (Å²) in [6, 6.07) is 45.5. The second-order valence-corrected chi connectivity index (χ2v) is 16.1. The van der Waals surface area contributed by atoms with Crippen LogP contribution in [-0.4, -0.2) is 26.1 Å². The van der Waals surface area contributed by atoms with Crippen LogP contribution < -0.4 is 5.32 Å². The monoisotopic (exact) mass is 805 g/mol. The molecule has 2 aliphatic carbocycles. The fraction of sp³-hybridized carbons (Fsp3) is 0.143. The van der Waals surface area contributed by atoms with E-state index in [4.69, 9.17) is 14.4 Å². The number of anilines is 1. The van der Waals surface area contributed by atoms with Gasteiger partial charge in [0.05, 0.1) is 44.8 Å². The fourth-order valence-corrected chi connectivity index (χ4v) is 9.60. The number of fused-ring (bicyclic) bond motifs is 8. The van der Waals surface area contributed by atoms with E-state index in [1.54, 1.807) is 0 Å². The average Bonchev–Trinajstić information content (AvgIpc) is 3.76. The summed E-state index contributed by atoms with van der Waals surface area (Å²) in [4.78, 5) is 9.68. The smallest absolute Gasteiger partial charge is 0.159 e. The van der Waals surface area contributed by atoms with E-state index >= 15 is 0 Å². The standard InChI is InChI=1S/C54H41N5O.C2H6/c1-3-4-16-48-52(55-2)43-30-35(39-12-5-6-13-40(39)45-15-9-10-25-56-45)21-24-47(43)59(48)50-32-37(31-42-41-14-7-8-18-51(41)60-54(42)50)34-20-23-46-44(29-34)53-49(17-11-26-57-53)58(46)38-22-19-33-27-36(33)28-38;1-2/h4-26,28-33,36,55H,3,27H2,1-2H3;1-2H3/b16-4-;. The summed E-state index contributed by atoms with van der Waals surface area (Å²) in [6.07, 6.45) is 17.5. The number of hydrogen-bond acceptors (Lipinski definition) is 4. The molecule has 5 aromatic carbocycles. The molecule has 10 aromatic rings. The number of furan rings is 1. The summed E-state index contributed by atoms with van der Waals surface area (Å²) in [6.45, 7) is 6.18. The molecular weight excluding hydrogens is 759 g/mol. The minimum Gasteiger partial charge on any atom is -0.454 e. The first-order valence-electron chi connectivity index (χ1n) is 22.0. The molecule has 0 bridgehead atoms. The van der Waals surface area contributed by atoms with Gasteiger partial charge in [-0.25, -0.2) is 0 Å². The Hall–Kier alpha value is -7.44. The number of nitrogens with zero attached hydrogens (tertiary/aromatic N) is 4. The molecule has 1 N–H and O–H groups in total. The Kier molecular flexibility index (Phi) is 9.23. The summed E-state index contributed by atoms with van der Waals surface area (Å²) in [5.74, 6) is 1.34. The van der Waals surface area contributed by atoms with Gasteiger partial charge >= 0.3 is 0 Å². The summed E-state index contributed by atoms with van der Waals surface area (Å²) in [5.41, 5.74) is 17.0. The topological polar surface area (TPSA) is 60.8 Å². The van der Waals surface area contributed by atoms with Crippen molar-refractivity contribution in [2.75, 3.05) is 12.4 Å². The molecule has 1 saturated carbocycles. The molecule has 0 amide bonds. The summed E-state index contributed by atoms with van der Waals surface area (Å²) in [5, 5.41) is 8.06. The predicted octanol–water partition coefficient (Wildman–Crippen LogP) is 15.0. The lowest BCUT2D eigenvalue weighted by atomic mass is 9.96. The van der Waals surface area contributed by atoms with Crippen molar-refractivity contribution in [2.24, 2.45) is 11.8 Å². The number of nitrogens with one attached hydrogen (secondary N) is 1. The van der Waals surface area contributed by atoms with Crippen LogP contribution in [0.25, 0.3) is 106 Å². The van der Waals surface area contributed by atoms with Crippen molar-refractivity contribution in [3.8, 4) is 39.2 Å². The molecular formula is C56H47N5O. The summed E-state index contributed by atoms with van der Waals surface area (Å²) in [7, 11) is 2.02. The van der Waals surface area contributed by atoms with Crippen molar-refractivity contribution in [1.29, 1.82) is 0 Å². The highest BCUT2D eigenvalue weighted by Gasteiger charge is 2.35. The largest absolute Gasteiger partial charge is 0.454 e. The predicted molar refractivity (Wildman–Crippen MR) is 261 cm³/mol. The van der Waals surface area contributed by atoms with E-state index in [0.29, 0.717) is 11.8 Å². The number of hydrogen-bond donors (Lipinski definition) is 1. The highest BCUT2D eigenvalue weighted by Crippen LogP contribution is 2.47. The van der Waals surface area contributed by atoms with E-state index in [1.165, 1.54) is 17.6 Å². The van der Waals surface area contributed by atoms with Gasteiger partial charge < -0.3 is 18.9 Å². The second kappa shape index (κ2) is 15.2. The van der Waals surface area contributed by atoms with Gasteiger partial charge in [0.2, 0.25) is 0 Å². The van der Waals surface area contributed by atoms with Crippen molar-refractivity contribution in [2.45, 2.75) is 33.6 Å². The first kappa shape index (κ1) is 37.6. The first-order chi connectivity index (χ1) is 30.7.